The Bertz CT molecular complexity index is 403. The third kappa shape index (κ3) is 3.45. The van der Waals surface area contributed by atoms with E-state index in [4.69, 9.17) is 0 Å². The largest absolute Gasteiger partial charge is 0.393 e. The van der Waals surface area contributed by atoms with Crippen LogP contribution < -0.4 is 5.32 Å². The molecule has 1 aliphatic carbocycles. The minimum atomic E-state index is -0.146. The molecule has 1 fully saturated rings. The van der Waals surface area contributed by atoms with E-state index in [9.17, 15) is 5.11 Å². The summed E-state index contributed by atoms with van der Waals surface area (Å²) in [7, 11) is 0. The van der Waals surface area contributed by atoms with Gasteiger partial charge in [-0.25, -0.2) is 0 Å². The van der Waals surface area contributed by atoms with Gasteiger partial charge in [0.25, 0.3) is 0 Å². The van der Waals surface area contributed by atoms with Crippen LogP contribution in [0.5, 0.6) is 0 Å². The molecule has 3 heteroatoms. The maximum atomic E-state index is 9.78. The third-order valence-corrected chi connectivity index (χ3v) is 3.49. The van der Waals surface area contributed by atoms with E-state index >= 15 is 0 Å². The van der Waals surface area contributed by atoms with Gasteiger partial charge in [-0.2, -0.15) is 0 Å². The summed E-state index contributed by atoms with van der Waals surface area (Å²) in [6, 6.07) is 4.66. The minimum Gasteiger partial charge on any atom is -0.393 e. The standard InChI is InChI=1S/C15H24N2O/c1-10(2)16-13-7-11(3)17-15(9-13)12-5-4-6-14(18)8-12/h7,9-10,12,14,18H,4-6,8H2,1-3H3,(H,16,17)/t12?,14-/m0/s1. The summed E-state index contributed by atoms with van der Waals surface area (Å²) >= 11 is 0. The van der Waals surface area contributed by atoms with Gasteiger partial charge in [0.15, 0.2) is 0 Å². The molecule has 2 atom stereocenters. The number of pyridine rings is 1. The number of nitrogens with zero attached hydrogens (tertiary/aromatic N) is 1. The fourth-order valence-electron chi connectivity index (χ4n) is 2.75. The smallest absolute Gasteiger partial charge is 0.0546 e. The Labute approximate surface area is 110 Å². The number of aryl methyl sites for hydroxylation is 1. The van der Waals surface area contributed by atoms with Crippen molar-refractivity contribution in [2.75, 3.05) is 5.32 Å². The average molecular weight is 248 g/mol. The molecule has 1 aromatic rings. The average Bonchev–Trinajstić information content (AvgIpc) is 2.27. The highest BCUT2D eigenvalue weighted by Gasteiger charge is 2.23. The molecule has 0 spiro atoms. The quantitative estimate of drug-likeness (QED) is 0.863. The van der Waals surface area contributed by atoms with Crippen LogP contribution in [-0.4, -0.2) is 22.2 Å². The van der Waals surface area contributed by atoms with Crippen molar-refractivity contribution in [3.05, 3.63) is 23.5 Å². The highest BCUT2D eigenvalue weighted by Crippen LogP contribution is 2.33. The zero-order valence-corrected chi connectivity index (χ0v) is 11.6. The van der Waals surface area contributed by atoms with Crippen LogP contribution in [-0.2, 0) is 0 Å². The van der Waals surface area contributed by atoms with Crippen molar-refractivity contribution in [1.82, 2.24) is 4.98 Å². The number of nitrogens with one attached hydrogen (secondary N) is 1. The number of rotatable bonds is 3. The molecule has 18 heavy (non-hydrogen) atoms. The molecule has 0 amide bonds. The normalized spacial score (nSPS) is 24.3. The van der Waals surface area contributed by atoms with Gasteiger partial charge in [0.1, 0.15) is 0 Å². The van der Waals surface area contributed by atoms with Crippen LogP contribution in [0.25, 0.3) is 0 Å². The molecule has 0 saturated heterocycles. The first-order valence-electron chi connectivity index (χ1n) is 6.98. The minimum absolute atomic E-state index is 0.146. The number of aromatic nitrogens is 1. The van der Waals surface area contributed by atoms with Crippen molar-refractivity contribution in [3.63, 3.8) is 0 Å². The lowest BCUT2D eigenvalue weighted by Gasteiger charge is -2.26. The van der Waals surface area contributed by atoms with Gasteiger partial charge in [-0.05, 0) is 52.2 Å². The van der Waals surface area contributed by atoms with E-state index in [0.29, 0.717) is 12.0 Å². The van der Waals surface area contributed by atoms with Gasteiger partial charge >= 0.3 is 0 Å². The molecular formula is C15H24N2O. The van der Waals surface area contributed by atoms with E-state index in [1.54, 1.807) is 0 Å². The summed E-state index contributed by atoms with van der Waals surface area (Å²) in [5.74, 6) is 0.418. The van der Waals surface area contributed by atoms with Gasteiger partial charge in [0, 0.05) is 29.0 Å². The molecule has 2 rings (SSSR count). The van der Waals surface area contributed by atoms with Crippen LogP contribution >= 0.6 is 0 Å². The number of aliphatic hydroxyl groups is 1. The van der Waals surface area contributed by atoms with Crippen molar-refractivity contribution < 1.29 is 5.11 Å². The summed E-state index contributed by atoms with van der Waals surface area (Å²) in [6.07, 6.45) is 3.91. The van der Waals surface area contributed by atoms with E-state index < -0.39 is 0 Å². The van der Waals surface area contributed by atoms with Gasteiger partial charge in [-0.1, -0.05) is 6.42 Å². The maximum absolute atomic E-state index is 9.78. The summed E-state index contributed by atoms with van der Waals surface area (Å²) < 4.78 is 0. The first-order chi connectivity index (χ1) is 8.54. The Morgan fingerprint density at radius 1 is 1.33 bits per heavy atom. The predicted molar refractivity (Wildman–Crippen MR) is 74.9 cm³/mol. The molecule has 1 aliphatic rings. The second-order valence-corrected chi connectivity index (χ2v) is 5.74. The van der Waals surface area contributed by atoms with E-state index in [1.165, 1.54) is 0 Å². The number of aliphatic hydroxyl groups excluding tert-OH is 1. The van der Waals surface area contributed by atoms with Crippen LogP contribution in [0, 0.1) is 6.92 Å². The number of anilines is 1. The maximum Gasteiger partial charge on any atom is 0.0546 e. The van der Waals surface area contributed by atoms with Crippen LogP contribution in [0.3, 0.4) is 0 Å². The van der Waals surface area contributed by atoms with Gasteiger partial charge in [0.2, 0.25) is 0 Å². The zero-order chi connectivity index (χ0) is 13.1. The first-order valence-corrected chi connectivity index (χ1v) is 6.98. The summed E-state index contributed by atoms with van der Waals surface area (Å²) in [5, 5.41) is 13.2. The lowest BCUT2D eigenvalue weighted by Crippen LogP contribution is -2.19. The van der Waals surface area contributed by atoms with Crippen molar-refractivity contribution >= 4 is 5.69 Å². The molecule has 0 radical (unpaired) electrons. The Morgan fingerprint density at radius 2 is 2.11 bits per heavy atom. The molecule has 0 aromatic carbocycles. The molecule has 1 unspecified atom stereocenters. The van der Waals surface area contributed by atoms with Crippen molar-refractivity contribution in [2.45, 2.75) is 64.5 Å². The first kappa shape index (κ1) is 13.3. The lowest BCUT2D eigenvalue weighted by atomic mass is 9.84. The summed E-state index contributed by atoms with van der Waals surface area (Å²) in [4.78, 5) is 4.65. The second-order valence-electron chi connectivity index (χ2n) is 5.74. The molecule has 2 N–H and O–H groups in total. The molecular weight excluding hydrogens is 224 g/mol. The number of hydrogen-bond acceptors (Lipinski definition) is 3. The van der Waals surface area contributed by atoms with Gasteiger partial charge < -0.3 is 10.4 Å². The Kier molecular flexibility index (Phi) is 4.23. The zero-order valence-electron chi connectivity index (χ0n) is 11.6. The predicted octanol–water partition coefficient (Wildman–Crippen LogP) is 3.23. The van der Waals surface area contributed by atoms with Gasteiger partial charge in [-0.3, -0.25) is 4.98 Å². The molecule has 100 valence electrons. The lowest BCUT2D eigenvalue weighted by molar-refractivity contribution is 0.119. The third-order valence-electron chi connectivity index (χ3n) is 3.49. The van der Waals surface area contributed by atoms with E-state index in [-0.39, 0.29) is 6.10 Å². The van der Waals surface area contributed by atoms with Crippen LogP contribution in [0.1, 0.15) is 56.8 Å². The number of hydrogen-bond donors (Lipinski definition) is 2. The van der Waals surface area contributed by atoms with E-state index in [2.05, 4.69) is 36.3 Å². The van der Waals surface area contributed by atoms with Crippen molar-refractivity contribution in [2.24, 2.45) is 0 Å². The fourth-order valence-corrected chi connectivity index (χ4v) is 2.75. The highest BCUT2D eigenvalue weighted by molar-refractivity contribution is 5.46. The molecule has 3 nitrogen and oxygen atoms in total. The topological polar surface area (TPSA) is 45.1 Å². The van der Waals surface area contributed by atoms with Crippen LogP contribution in [0.2, 0.25) is 0 Å². The summed E-state index contributed by atoms with van der Waals surface area (Å²) in [5.41, 5.74) is 3.33. The van der Waals surface area contributed by atoms with Crippen molar-refractivity contribution in [1.29, 1.82) is 0 Å². The second kappa shape index (κ2) is 5.70. The SMILES string of the molecule is Cc1cc(NC(C)C)cc(C2CCC[C@H](O)C2)n1. The highest BCUT2D eigenvalue weighted by atomic mass is 16.3. The van der Waals surface area contributed by atoms with Crippen LogP contribution in [0.15, 0.2) is 12.1 Å². The summed E-state index contributed by atoms with van der Waals surface area (Å²) in [6.45, 7) is 6.31. The van der Waals surface area contributed by atoms with Gasteiger partial charge in [0.05, 0.1) is 6.10 Å². The molecule has 1 aromatic heterocycles. The van der Waals surface area contributed by atoms with Crippen LogP contribution in [0.4, 0.5) is 5.69 Å². The molecule has 1 heterocycles. The Hall–Kier alpha value is -1.09. The monoisotopic (exact) mass is 248 g/mol. The Morgan fingerprint density at radius 3 is 2.78 bits per heavy atom. The van der Waals surface area contributed by atoms with E-state index in [1.807, 2.05) is 6.92 Å². The molecule has 0 bridgehead atoms. The fraction of sp³-hybridized carbons (Fsp3) is 0.667. The van der Waals surface area contributed by atoms with Gasteiger partial charge in [-0.15, -0.1) is 0 Å². The Balaban J connectivity index is 2.18. The van der Waals surface area contributed by atoms with Crippen molar-refractivity contribution in [3.8, 4) is 0 Å². The molecule has 0 aliphatic heterocycles. The molecule has 1 saturated carbocycles. The van der Waals surface area contributed by atoms with E-state index in [0.717, 1.165) is 42.8 Å².